The molecular weight excluding hydrogens is 228 g/mol. The Labute approximate surface area is 106 Å². The van der Waals surface area contributed by atoms with Gasteiger partial charge in [-0.2, -0.15) is 0 Å². The van der Waals surface area contributed by atoms with Gasteiger partial charge in [0.2, 0.25) is 5.91 Å². The van der Waals surface area contributed by atoms with Crippen LogP contribution in [0, 0.1) is 0 Å². The van der Waals surface area contributed by atoms with Crippen molar-refractivity contribution in [2.45, 2.75) is 19.6 Å². The van der Waals surface area contributed by atoms with Crippen LogP contribution in [0.15, 0.2) is 48.3 Å². The Morgan fingerprint density at radius 2 is 1.94 bits per heavy atom. The summed E-state index contributed by atoms with van der Waals surface area (Å²) in [4.78, 5) is 13.0. The van der Waals surface area contributed by atoms with Crippen LogP contribution in [0.2, 0.25) is 0 Å². The summed E-state index contributed by atoms with van der Waals surface area (Å²) < 4.78 is 0. The maximum absolute atomic E-state index is 11.1. The van der Waals surface area contributed by atoms with Gasteiger partial charge >= 0.3 is 0 Å². The third-order valence-electron chi connectivity index (χ3n) is 2.84. The molecule has 0 aliphatic carbocycles. The second-order valence-electron chi connectivity index (χ2n) is 4.25. The molecule has 1 amide bonds. The molecule has 0 radical (unpaired) electrons. The van der Waals surface area contributed by atoms with Crippen molar-refractivity contribution in [3.05, 3.63) is 59.4 Å². The fraction of sp³-hybridized carbons (Fsp3) is 0.214. The first-order valence-electron chi connectivity index (χ1n) is 5.80. The van der Waals surface area contributed by atoms with E-state index in [-0.39, 0.29) is 12.5 Å². The van der Waals surface area contributed by atoms with Crippen molar-refractivity contribution in [3.63, 3.8) is 0 Å². The van der Waals surface area contributed by atoms with E-state index in [1.807, 2.05) is 41.4 Å². The molecule has 0 spiro atoms. The highest BCUT2D eigenvalue weighted by atomic mass is 16.3. The number of allylic oxidation sites excluding steroid dienone is 1. The molecule has 0 atom stereocenters. The van der Waals surface area contributed by atoms with Crippen LogP contribution in [0.3, 0.4) is 0 Å². The lowest BCUT2D eigenvalue weighted by Crippen LogP contribution is -2.20. The zero-order chi connectivity index (χ0) is 13.0. The predicted octanol–water partition coefficient (Wildman–Crippen LogP) is 1.27. The second kappa shape index (κ2) is 5.51. The standard InChI is InChI=1S/C14H16N2O2/c15-14(18)13-2-1-7-16(9-13)8-11-3-5-12(10-17)6-4-11/h1,3-7,9,17H,2,8,10H2,(H2,15,18). The van der Waals surface area contributed by atoms with Gasteiger partial charge in [-0.25, -0.2) is 0 Å². The summed E-state index contributed by atoms with van der Waals surface area (Å²) in [5.41, 5.74) is 7.88. The van der Waals surface area contributed by atoms with Crippen molar-refractivity contribution in [1.29, 1.82) is 0 Å². The topological polar surface area (TPSA) is 66.6 Å². The summed E-state index contributed by atoms with van der Waals surface area (Å²) in [7, 11) is 0. The van der Waals surface area contributed by atoms with E-state index in [1.54, 1.807) is 6.20 Å². The van der Waals surface area contributed by atoms with Crippen LogP contribution in [0.4, 0.5) is 0 Å². The minimum absolute atomic E-state index is 0.0512. The van der Waals surface area contributed by atoms with Crippen LogP contribution < -0.4 is 5.73 Å². The highest BCUT2D eigenvalue weighted by Gasteiger charge is 2.09. The van der Waals surface area contributed by atoms with E-state index in [2.05, 4.69) is 0 Å². The lowest BCUT2D eigenvalue weighted by Gasteiger charge is -2.20. The number of carbonyl (C=O) groups is 1. The third-order valence-corrected chi connectivity index (χ3v) is 2.84. The Bertz CT molecular complexity index is 489. The number of aliphatic hydroxyl groups is 1. The number of primary amides is 1. The smallest absolute Gasteiger partial charge is 0.246 e. The Kier molecular flexibility index (Phi) is 3.79. The molecule has 1 aromatic rings. The lowest BCUT2D eigenvalue weighted by molar-refractivity contribution is -0.114. The Morgan fingerprint density at radius 3 is 2.56 bits per heavy atom. The molecule has 1 aliphatic rings. The lowest BCUT2D eigenvalue weighted by atomic mass is 10.1. The normalized spacial score (nSPS) is 14.5. The predicted molar refractivity (Wildman–Crippen MR) is 68.9 cm³/mol. The van der Waals surface area contributed by atoms with Gasteiger partial charge in [-0.1, -0.05) is 30.3 Å². The van der Waals surface area contributed by atoms with Gasteiger partial charge in [-0.15, -0.1) is 0 Å². The molecule has 0 aromatic heterocycles. The molecule has 94 valence electrons. The van der Waals surface area contributed by atoms with E-state index >= 15 is 0 Å². The molecule has 1 aromatic carbocycles. The van der Waals surface area contributed by atoms with Crippen LogP contribution in [0.1, 0.15) is 17.5 Å². The maximum Gasteiger partial charge on any atom is 0.246 e. The van der Waals surface area contributed by atoms with Crippen LogP contribution in [0.5, 0.6) is 0 Å². The summed E-state index contributed by atoms with van der Waals surface area (Å²) in [5.74, 6) is -0.375. The third kappa shape index (κ3) is 2.99. The number of hydrogen-bond donors (Lipinski definition) is 2. The first kappa shape index (κ1) is 12.4. The van der Waals surface area contributed by atoms with Gasteiger partial charge < -0.3 is 15.7 Å². The summed E-state index contributed by atoms with van der Waals surface area (Å²) >= 11 is 0. The minimum atomic E-state index is -0.375. The number of rotatable bonds is 4. The van der Waals surface area contributed by atoms with Crippen molar-refractivity contribution >= 4 is 5.91 Å². The van der Waals surface area contributed by atoms with Crippen LogP contribution in [0.25, 0.3) is 0 Å². The molecular formula is C14H16N2O2. The monoisotopic (exact) mass is 244 g/mol. The van der Waals surface area contributed by atoms with Gasteiger partial charge in [0.1, 0.15) is 0 Å². The van der Waals surface area contributed by atoms with Gasteiger partial charge in [0, 0.05) is 24.5 Å². The number of nitrogens with two attached hydrogens (primary N) is 1. The average Bonchev–Trinajstić information content (AvgIpc) is 2.40. The molecule has 4 nitrogen and oxygen atoms in total. The Morgan fingerprint density at radius 1 is 1.28 bits per heavy atom. The Hall–Kier alpha value is -2.07. The summed E-state index contributed by atoms with van der Waals surface area (Å²) in [6.45, 7) is 0.731. The quantitative estimate of drug-likeness (QED) is 0.838. The Balaban J connectivity index is 2.06. The van der Waals surface area contributed by atoms with E-state index in [1.165, 1.54) is 0 Å². The molecule has 0 fully saturated rings. The van der Waals surface area contributed by atoms with Crippen LogP contribution in [-0.2, 0) is 17.9 Å². The van der Waals surface area contributed by atoms with Crippen LogP contribution >= 0.6 is 0 Å². The van der Waals surface area contributed by atoms with Crippen molar-refractivity contribution in [3.8, 4) is 0 Å². The van der Waals surface area contributed by atoms with E-state index in [9.17, 15) is 4.79 Å². The number of nitrogens with zero attached hydrogens (tertiary/aromatic N) is 1. The molecule has 4 heteroatoms. The van der Waals surface area contributed by atoms with E-state index < -0.39 is 0 Å². The number of carbonyl (C=O) groups excluding carboxylic acids is 1. The van der Waals surface area contributed by atoms with E-state index in [0.717, 1.165) is 11.1 Å². The maximum atomic E-state index is 11.1. The summed E-state index contributed by atoms with van der Waals surface area (Å²) in [5, 5.41) is 8.96. The number of amides is 1. The van der Waals surface area contributed by atoms with Gasteiger partial charge in [0.25, 0.3) is 0 Å². The van der Waals surface area contributed by atoms with Gasteiger partial charge in [0.05, 0.1) is 6.61 Å². The first-order chi connectivity index (χ1) is 8.69. The molecule has 0 saturated heterocycles. The van der Waals surface area contributed by atoms with Crippen molar-refractivity contribution in [2.24, 2.45) is 5.73 Å². The van der Waals surface area contributed by atoms with Gasteiger partial charge in [0.15, 0.2) is 0 Å². The summed E-state index contributed by atoms with van der Waals surface area (Å²) in [6.07, 6.45) is 6.23. The minimum Gasteiger partial charge on any atom is -0.392 e. The first-order valence-corrected chi connectivity index (χ1v) is 5.80. The summed E-state index contributed by atoms with van der Waals surface area (Å²) in [6, 6.07) is 7.71. The SMILES string of the molecule is NC(=O)C1=CN(Cc2ccc(CO)cc2)C=CC1. The zero-order valence-electron chi connectivity index (χ0n) is 10.0. The van der Waals surface area contributed by atoms with Crippen molar-refractivity contribution in [2.75, 3.05) is 0 Å². The number of aliphatic hydroxyl groups excluding tert-OH is 1. The zero-order valence-corrected chi connectivity index (χ0v) is 10.0. The highest BCUT2D eigenvalue weighted by molar-refractivity contribution is 5.92. The molecule has 1 heterocycles. The second-order valence-corrected chi connectivity index (χ2v) is 4.25. The fourth-order valence-electron chi connectivity index (χ4n) is 1.83. The van der Waals surface area contributed by atoms with Crippen LogP contribution in [-0.4, -0.2) is 15.9 Å². The van der Waals surface area contributed by atoms with Crippen molar-refractivity contribution in [1.82, 2.24) is 4.90 Å². The van der Waals surface area contributed by atoms with Gasteiger partial charge in [-0.05, 0) is 17.5 Å². The molecule has 18 heavy (non-hydrogen) atoms. The molecule has 0 saturated carbocycles. The van der Waals surface area contributed by atoms with Crippen molar-refractivity contribution < 1.29 is 9.90 Å². The average molecular weight is 244 g/mol. The number of benzene rings is 1. The van der Waals surface area contributed by atoms with E-state index in [0.29, 0.717) is 18.5 Å². The van der Waals surface area contributed by atoms with Gasteiger partial charge in [-0.3, -0.25) is 4.79 Å². The molecule has 0 bridgehead atoms. The molecule has 2 rings (SSSR count). The molecule has 0 unspecified atom stereocenters. The number of hydrogen-bond acceptors (Lipinski definition) is 3. The molecule has 3 N–H and O–H groups in total. The fourth-order valence-corrected chi connectivity index (χ4v) is 1.83. The van der Waals surface area contributed by atoms with E-state index in [4.69, 9.17) is 10.8 Å². The largest absolute Gasteiger partial charge is 0.392 e. The highest BCUT2D eigenvalue weighted by Crippen LogP contribution is 2.15. The molecule has 1 aliphatic heterocycles.